The molecule has 2 aromatic heterocycles. The molecule has 31 heavy (non-hydrogen) atoms. The number of amides is 1. The van der Waals surface area contributed by atoms with Crippen LogP contribution in [0.5, 0.6) is 5.75 Å². The van der Waals surface area contributed by atoms with E-state index in [2.05, 4.69) is 34.7 Å². The smallest absolute Gasteiger partial charge is 0.272 e. The van der Waals surface area contributed by atoms with Crippen molar-refractivity contribution >= 4 is 16.9 Å². The lowest BCUT2D eigenvalue weighted by molar-refractivity contribution is 0.0774. The topological polar surface area (TPSA) is 60.2 Å². The number of benzene rings is 2. The Morgan fingerprint density at radius 1 is 1.06 bits per heavy atom. The maximum atomic E-state index is 12.7. The Balaban J connectivity index is 1.54. The molecule has 0 unspecified atom stereocenters. The second-order valence-electron chi connectivity index (χ2n) is 7.66. The summed E-state index contributed by atoms with van der Waals surface area (Å²) >= 11 is 0. The lowest BCUT2D eigenvalue weighted by atomic mass is 10.1. The van der Waals surface area contributed by atoms with Crippen LogP contribution in [-0.4, -0.2) is 39.0 Å². The zero-order valence-corrected chi connectivity index (χ0v) is 18.1. The van der Waals surface area contributed by atoms with Gasteiger partial charge in [-0.25, -0.2) is 4.98 Å². The second-order valence-corrected chi connectivity index (χ2v) is 7.66. The van der Waals surface area contributed by atoms with Crippen LogP contribution in [0.1, 0.15) is 27.4 Å². The first-order chi connectivity index (χ1) is 15.0. The third kappa shape index (κ3) is 4.58. The van der Waals surface area contributed by atoms with E-state index in [4.69, 9.17) is 9.72 Å². The van der Waals surface area contributed by atoms with Crippen molar-refractivity contribution in [2.45, 2.75) is 26.9 Å². The number of carbonyl (C=O) groups is 1. The zero-order chi connectivity index (χ0) is 21.8. The number of para-hydroxylation sites is 2. The summed E-state index contributed by atoms with van der Waals surface area (Å²) in [6.07, 6.45) is 1.63. The van der Waals surface area contributed by atoms with E-state index in [9.17, 15) is 4.79 Å². The van der Waals surface area contributed by atoms with Gasteiger partial charge < -0.3 is 14.2 Å². The molecule has 0 saturated carbocycles. The largest absolute Gasteiger partial charge is 0.491 e. The van der Waals surface area contributed by atoms with Gasteiger partial charge in [-0.1, -0.05) is 30.3 Å². The van der Waals surface area contributed by atoms with Crippen LogP contribution in [-0.2, 0) is 13.1 Å². The molecule has 0 saturated heterocycles. The van der Waals surface area contributed by atoms with Crippen LogP contribution in [0.3, 0.4) is 0 Å². The van der Waals surface area contributed by atoms with Gasteiger partial charge in [-0.3, -0.25) is 9.78 Å². The lowest BCUT2D eigenvalue weighted by Gasteiger charge is -2.18. The molecule has 6 heteroatoms. The number of carbonyl (C=O) groups excluding carboxylic acids is 1. The highest BCUT2D eigenvalue weighted by atomic mass is 16.5. The van der Waals surface area contributed by atoms with Crippen molar-refractivity contribution in [1.29, 1.82) is 0 Å². The van der Waals surface area contributed by atoms with Crippen molar-refractivity contribution in [1.82, 2.24) is 19.4 Å². The van der Waals surface area contributed by atoms with Gasteiger partial charge in [0, 0.05) is 13.2 Å². The van der Waals surface area contributed by atoms with Crippen molar-refractivity contribution in [3.8, 4) is 5.75 Å². The van der Waals surface area contributed by atoms with E-state index in [-0.39, 0.29) is 5.91 Å². The number of nitrogens with zero attached hydrogens (tertiary/aromatic N) is 4. The molecule has 0 N–H and O–H groups in total. The summed E-state index contributed by atoms with van der Waals surface area (Å²) in [5.74, 6) is 1.58. The molecule has 0 aliphatic carbocycles. The number of hydrogen-bond acceptors (Lipinski definition) is 4. The molecule has 2 heterocycles. The summed E-state index contributed by atoms with van der Waals surface area (Å²) in [4.78, 5) is 23.3. The van der Waals surface area contributed by atoms with Gasteiger partial charge in [0.05, 0.1) is 24.1 Å². The van der Waals surface area contributed by atoms with Gasteiger partial charge >= 0.3 is 0 Å². The highest BCUT2D eigenvalue weighted by Gasteiger charge is 2.17. The van der Waals surface area contributed by atoms with Gasteiger partial charge in [0.25, 0.3) is 5.91 Å². The third-order valence-electron chi connectivity index (χ3n) is 5.26. The van der Waals surface area contributed by atoms with Crippen LogP contribution in [0.4, 0.5) is 0 Å². The summed E-state index contributed by atoms with van der Waals surface area (Å²) in [6.45, 7) is 5.63. The van der Waals surface area contributed by atoms with E-state index in [1.165, 1.54) is 5.56 Å². The van der Waals surface area contributed by atoms with Crippen molar-refractivity contribution in [3.63, 3.8) is 0 Å². The molecule has 0 atom stereocenters. The van der Waals surface area contributed by atoms with Gasteiger partial charge in [-0.2, -0.15) is 0 Å². The van der Waals surface area contributed by atoms with Crippen LogP contribution >= 0.6 is 0 Å². The van der Waals surface area contributed by atoms with E-state index >= 15 is 0 Å². The zero-order valence-electron chi connectivity index (χ0n) is 18.1. The quantitative estimate of drug-likeness (QED) is 0.450. The molecule has 0 spiro atoms. The fourth-order valence-electron chi connectivity index (χ4n) is 3.57. The molecule has 0 bridgehead atoms. The SMILES string of the molecule is Cc1ccc(C)c(OCCn2c(CN(C)C(=O)c3ccccn3)nc3ccccc32)c1. The molecule has 4 aromatic rings. The maximum Gasteiger partial charge on any atom is 0.272 e. The predicted molar refractivity (Wildman–Crippen MR) is 121 cm³/mol. The van der Waals surface area contributed by atoms with Crippen molar-refractivity contribution in [3.05, 3.63) is 89.5 Å². The van der Waals surface area contributed by atoms with Crippen molar-refractivity contribution in [2.24, 2.45) is 0 Å². The maximum absolute atomic E-state index is 12.7. The molecule has 158 valence electrons. The second kappa shape index (κ2) is 9.00. The number of rotatable bonds is 7. The first-order valence-corrected chi connectivity index (χ1v) is 10.3. The molecule has 0 fully saturated rings. The van der Waals surface area contributed by atoms with Gasteiger partial charge in [0.2, 0.25) is 0 Å². The van der Waals surface area contributed by atoms with Crippen LogP contribution < -0.4 is 4.74 Å². The molecular formula is C25H26N4O2. The minimum absolute atomic E-state index is 0.133. The summed E-state index contributed by atoms with van der Waals surface area (Å²) in [5, 5.41) is 0. The predicted octanol–water partition coefficient (Wildman–Crippen LogP) is 4.40. The molecule has 1 amide bonds. The first kappa shape index (κ1) is 20.6. The summed E-state index contributed by atoms with van der Waals surface area (Å²) in [6, 6.07) is 19.5. The number of hydrogen-bond donors (Lipinski definition) is 0. The van der Waals surface area contributed by atoms with Gasteiger partial charge in [-0.15, -0.1) is 0 Å². The van der Waals surface area contributed by atoms with Gasteiger partial charge in [-0.05, 0) is 55.3 Å². The van der Waals surface area contributed by atoms with E-state index in [0.717, 1.165) is 28.2 Å². The minimum Gasteiger partial charge on any atom is -0.491 e. The molecule has 0 aliphatic heterocycles. The van der Waals surface area contributed by atoms with Crippen molar-refractivity contribution in [2.75, 3.05) is 13.7 Å². The van der Waals surface area contributed by atoms with Gasteiger partial charge in [0.1, 0.15) is 23.9 Å². The van der Waals surface area contributed by atoms with Crippen LogP contribution in [0.2, 0.25) is 0 Å². The molecule has 4 rings (SSSR count). The Labute approximate surface area is 182 Å². The normalized spacial score (nSPS) is 10.9. The standard InChI is InChI=1S/C25H26N4O2/c1-18-11-12-19(2)23(16-18)31-15-14-29-22-10-5-4-8-20(22)27-24(29)17-28(3)25(30)21-9-6-7-13-26-21/h4-13,16H,14-15,17H2,1-3H3. The summed E-state index contributed by atoms with van der Waals surface area (Å²) in [5.41, 5.74) is 4.64. The average molecular weight is 415 g/mol. The number of pyridine rings is 1. The molecule has 0 radical (unpaired) electrons. The van der Waals surface area contributed by atoms with Gasteiger partial charge in [0.15, 0.2) is 0 Å². The number of aryl methyl sites for hydroxylation is 2. The van der Waals surface area contributed by atoms with Crippen LogP contribution in [0.25, 0.3) is 11.0 Å². The van der Waals surface area contributed by atoms with Crippen LogP contribution in [0.15, 0.2) is 66.9 Å². The molecule has 2 aromatic carbocycles. The monoisotopic (exact) mass is 414 g/mol. The number of ether oxygens (including phenoxy) is 1. The Kier molecular flexibility index (Phi) is 5.98. The highest BCUT2D eigenvalue weighted by Crippen LogP contribution is 2.21. The summed E-state index contributed by atoms with van der Waals surface area (Å²) < 4.78 is 8.21. The Bertz CT molecular complexity index is 1200. The molecular weight excluding hydrogens is 388 g/mol. The number of fused-ring (bicyclic) bond motifs is 1. The number of imidazole rings is 1. The fourth-order valence-corrected chi connectivity index (χ4v) is 3.57. The Hall–Kier alpha value is -3.67. The minimum atomic E-state index is -0.133. The van der Waals surface area contributed by atoms with E-state index < -0.39 is 0 Å². The first-order valence-electron chi connectivity index (χ1n) is 10.3. The summed E-state index contributed by atoms with van der Waals surface area (Å²) in [7, 11) is 1.77. The number of aromatic nitrogens is 3. The van der Waals surface area contributed by atoms with E-state index in [1.807, 2.05) is 37.3 Å². The lowest BCUT2D eigenvalue weighted by Crippen LogP contribution is -2.28. The van der Waals surface area contributed by atoms with E-state index in [1.54, 1.807) is 30.3 Å². The Morgan fingerprint density at radius 2 is 1.87 bits per heavy atom. The molecule has 0 aliphatic rings. The fraction of sp³-hybridized carbons (Fsp3) is 0.240. The highest BCUT2D eigenvalue weighted by molar-refractivity contribution is 5.92. The molecule has 6 nitrogen and oxygen atoms in total. The van der Waals surface area contributed by atoms with E-state index in [0.29, 0.717) is 25.4 Å². The third-order valence-corrected chi connectivity index (χ3v) is 5.26. The van der Waals surface area contributed by atoms with Crippen molar-refractivity contribution < 1.29 is 9.53 Å². The van der Waals surface area contributed by atoms with Crippen LogP contribution in [0, 0.1) is 13.8 Å². The Morgan fingerprint density at radius 3 is 2.68 bits per heavy atom. The average Bonchev–Trinajstić information content (AvgIpc) is 3.13.